The van der Waals surface area contributed by atoms with E-state index in [1.54, 1.807) is 48.0 Å². The van der Waals surface area contributed by atoms with Gasteiger partial charge in [0, 0.05) is 56.3 Å². The summed E-state index contributed by atoms with van der Waals surface area (Å²) in [6, 6.07) is 4.92. The Morgan fingerprint density at radius 3 is 2.53 bits per heavy atom. The lowest BCUT2D eigenvalue weighted by Gasteiger charge is -2.36. The number of nitrogens with one attached hydrogen (secondary N) is 1. The van der Waals surface area contributed by atoms with Crippen LogP contribution >= 0.6 is 11.3 Å². The third-order valence-electron chi connectivity index (χ3n) is 7.98. The Labute approximate surface area is 211 Å². The van der Waals surface area contributed by atoms with Gasteiger partial charge in [0.1, 0.15) is 6.04 Å². The highest BCUT2D eigenvalue weighted by atomic mass is 32.1. The van der Waals surface area contributed by atoms with Crippen LogP contribution in [0.1, 0.15) is 36.0 Å². The number of carbonyl (C=O) groups is 3. The first-order valence-corrected chi connectivity index (χ1v) is 13.2. The SMILES string of the molecule is Cn1c(=O)n(C)c2cc(C(=O)N3[C@H](C(=O)N4CCC(C(=O)Nc5nccs5)CC4)C[C@H]4C[C@@H]43)ccc21. The Kier molecular flexibility index (Phi) is 5.47. The van der Waals surface area contributed by atoms with Crippen molar-refractivity contribution in [2.45, 2.75) is 37.8 Å². The van der Waals surface area contributed by atoms with Gasteiger partial charge in [0.25, 0.3) is 5.91 Å². The molecule has 4 heterocycles. The summed E-state index contributed by atoms with van der Waals surface area (Å²) in [5.74, 6) is -0.0234. The first kappa shape index (κ1) is 23.0. The van der Waals surface area contributed by atoms with Gasteiger partial charge in [-0.2, -0.15) is 0 Å². The van der Waals surface area contributed by atoms with Gasteiger partial charge in [0.05, 0.1) is 11.0 Å². The summed E-state index contributed by atoms with van der Waals surface area (Å²) in [7, 11) is 3.40. The van der Waals surface area contributed by atoms with Crippen molar-refractivity contribution in [1.29, 1.82) is 0 Å². The summed E-state index contributed by atoms with van der Waals surface area (Å²) in [4.78, 5) is 59.7. The fourth-order valence-electron chi connectivity index (χ4n) is 5.82. The molecule has 188 valence electrons. The van der Waals surface area contributed by atoms with E-state index in [0.29, 0.717) is 54.5 Å². The number of imidazole rings is 1. The van der Waals surface area contributed by atoms with Crippen LogP contribution in [0.4, 0.5) is 5.13 Å². The number of anilines is 1. The highest BCUT2D eigenvalue weighted by Gasteiger charge is 2.56. The Balaban J connectivity index is 1.15. The van der Waals surface area contributed by atoms with Crippen LogP contribution in [0.5, 0.6) is 0 Å². The molecule has 1 aliphatic carbocycles. The predicted molar refractivity (Wildman–Crippen MR) is 135 cm³/mol. The first-order valence-electron chi connectivity index (χ1n) is 12.3. The van der Waals surface area contributed by atoms with E-state index < -0.39 is 6.04 Å². The van der Waals surface area contributed by atoms with Gasteiger partial charge in [-0.15, -0.1) is 11.3 Å². The number of aryl methyl sites for hydroxylation is 2. The lowest BCUT2D eigenvalue weighted by Crippen LogP contribution is -2.52. The van der Waals surface area contributed by atoms with Crippen molar-refractivity contribution in [2.24, 2.45) is 25.9 Å². The molecule has 2 aliphatic heterocycles. The van der Waals surface area contributed by atoms with Gasteiger partial charge in [0.15, 0.2) is 5.13 Å². The second-order valence-corrected chi connectivity index (χ2v) is 11.0. The topological polar surface area (TPSA) is 110 Å². The first-order chi connectivity index (χ1) is 17.3. The molecule has 36 heavy (non-hydrogen) atoms. The zero-order valence-corrected chi connectivity index (χ0v) is 21.0. The maximum Gasteiger partial charge on any atom is 0.328 e. The third-order valence-corrected chi connectivity index (χ3v) is 8.67. The fourth-order valence-corrected chi connectivity index (χ4v) is 6.36. The van der Waals surface area contributed by atoms with Gasteiger partial charge in [-0.25, -0.2) is 9.78 Å². The maximum absolute atomic E-state index is 13.6. The lowest BCUT2D eigenvalue weighted by atomic mass is 9.95. The minimum Gasteiger partial charge on any atom is -0.341 e. The molecule has 3 atom stereocenters. The molecule has 0 bridgehead atoms. The van der Waals surface area contributed by atoms with Crippen LogP contribution in [0.3, 0.4) is 0 Å². The summed E-state index contributed by atoms with van der Waals surface area (Å²) in [6.45, 7) is 1.00. The highest BCUT2D eigenvalue weighted by molar-refractivity contribution is 7.13. The number of nitrogens with zero attached hydrogens (tertiary/aromatic N) is 5. The molecule has 0 radical (unpaired) electrons. The van der Waals surface area contributed by atoms with Crippen molar-refractivity contribution < 1.29 is 14.4 Å². The number of piperidine rings is 2. The van der Waals surface area contributed by atoms with E-state index in [0.717, 1.165) is 11.9 Å². The summed E-state index contributed by atoms with van der Waals surface area (Å²) in [5, 5.41) is 5.26. The Hall–Kier alpha value is -3.47. The molecular formula is C25H28N6O4S. The van der Waals surface area contributed by atoms with Gasteiger partial charge < -0.3 is 15.1 Å². The molecular weight excluding hydrogens is 480 g/mol. The van der Waals surface area contributed by atoms with Gasteiger partial charge in [-0.05, 0) is 49.8 Å². The van der Waals surface area contributed by atoms with Crippen molar-refractivity contribution in [3.05, 3.63) is 45.8 Å². The molecule has 10 nitrogen and oxygen atoms in total. The Bertz CT molecular complexity index is 1420. The predicted octanol–water partition coefficient (Wildman–Crippen LogP) is 1.81. The molecule has 6 rings (SSSR count). The molecule has 1 N–H and O–H groups in total. The minimum absolute atomic E-state index is 0.0254. The van der Waals surface area contributed by atoms with Crippen molar-refractivity contribution >= 4 is 45.2 Å². The van der Waals surface area contributed by atoms with Crippen molar-refractivity contribution in [3.63, 3.8) is 0 Å². The normalized spacial score (nSPS) is 23.7. The average molecular weight is 509 g/mol. The van der Waals surface area contributed by atoms with Gasteiger partial charge in [-0.1, -0.05) is 0 Å². The molecule has 3 fully saturated rings. The summed E-state index contributed by atoms with van der Waals surface area (Å²) in [6.07, 6.45) is 4.45. The monoisotopic (exact) mass is 508 g/mol. The molecule has 3 aliphatic rings. The van der Waals surface area contributed by atoms with Crippen molar-refractivity contribution in [1.82, 2.24) is 23.9 Å². The van der Waals surface area contributed by atoms with Gasteiger partial charge in [-0.3, -0.25) is 23.5 Å². The van der Waals surface area contributed by atoms with E-state index in [4.69, 9.17) is 0 Å². The van der Waals surface area contributed by atoms with Crippen LogP contribution in [0.2, 0.25) is 0 Å². The number of hydrogen-bond acceptors (Lipinski definition) is 6. The van der Waals surface area contributed by atoms with Gasteiger partial charge in [0.2, 0.25) is 11.8 Å². The number of amides is 3. The highest BCUT2D eigenvalue weighted by Crippen LogP contribution is 2.49. The number of aromatic nitrogens is 3. The second kappa shape index (κ2) is 8.58. The third kappa shape index (κ3) is 3.73. The molecule has 0 spiro atoms. The largest absolute Gasteiger partial charge is 0.341 e. The van der Waals surface area contributed by atoms with Crippen LogP contribution in [0.15, 0.2) is 34.6 Å². The molecule has 11 heteroatoms. The molecule has 1 saturated carbocycles. The average Bonchev–Trinajstić information content (AvgIpc) is 3.20. The quantitative estimate of drug-likeness (QED) is 0.578. The van der Waals surface area contributed by atoms with Crippen LogP contribution in [0.25, 0.3) is 11.0 Å². The number of likely N-dealkylation sites (tertiary alicyclic amines) is 2. The van der Waals surface area contributed by atoms with Crippen LogP contribution in [0, 0.1) is 11.8 Å². The van der Waals surface area contributed by atoms with Crippen LogP contribution in [-0.4, -0.2) is 66.8 Å². The van der Waals surface area contributed by atoms with E-state index in [-0.39, 0.29) is 35.4 Å². The zero-order valence-electron chi connectivity index (χ0n) is 20.2. The van der Waals surface area contributed by atoms with Gasteiger partial charge >= 0.3 is 5.69 Å². The molecule has 2 saturated heterocycles. The Morgan fingerprint density at radius 1 is 1.06 bits per heavy atom. The zero-order chi connectivity index (χ0) is 25.1. The van der Waals surface area contributed by atoms with E-state index in [2.05, 4.69) is 10.3 Å². The number of hydrogen-bond donors (Lipinski definition) is 1. The summed E-state index contributed by atoms with van der Waals surface area (Å²) < 4.78 is 3.09. The standard InChI is InChI=1S/C25H28N6O4S/c1-28-17-4-3-15(11-19(17)29(2)25(28)35)22(33)31-18-12-16(18)13-20(31)23(34)30-8-5-14(6-9-30)21(32)27-24-26-7-10-36-24/h3-4,7,10-11,14,16,18,20H,5-6,8-9,12-13H2,1-2H3,(H,26,27,32)/t16-,18+,20+/m1/s1. The smallest absolute Gasteiger partial charge is 0.328 e. The van der Waals surface area contributed by atoms with E-state index in [9.17, 15) is 19.2 Å². The number of thiazole rings is 1. The summed E-state index contributed by atoms with van der Waals surface area (Å²) >= 11 is 1.38. The number of benzene rings is 1. The molecule has 3 amide bonds. The Morgan fingerprint density at radius 2 is 1.81 bits per heavy atom. The van der Waals surface area contributed by atoms with E-state index in [1.165, 1.54) is 15.9 Å². The summed E-state index contributed by atoms with van der Waals surface area (Å²) in [5.41, 5.74) is 1.81. The van der Waals surface area contributed by atoms with Crippen molar-refractivity contribution in [2.75, 3.05) is 18.4 Å². The number of fused-ring (bicyclic) bond motifs is 2. The minimum atomic E-state index is -0.475. The number of carbonyl (C=O) groups excluding carboxylic acids is 3. The second-order valence-electron chi connectivity index (χ2n) is 10.1. The maximum atomic E-state index is 13.6. The number of rotatable bonds is 4. The van der Waals surface area contributed by atoms with E-state index >= 15 is 0 Å². The van der Waals surface area contributed by atoms with Crippen molar-refractivity contribution in [3.8, 4) is 0 Å². The van der Waals surface area contributed by atoms with Crippen LogP contribution in [-0.2, 0) is 23.7 Å². The fraction of sp³-hybridized carbons (Fsp3) is 0.480. The lowest BCUT2D eigenvalue weighted by molar-refractivity contribution is -0.138. The molecule has 0 unspecified atom stereocenters. The van der Waals surface area contributed by atoms with E-state index in [1.807, 2.05) is 10.3 Å². The molecule has 3 aromatic rings. The molecule has 2 aromatic heterocycles. The molecule has 1 aromatic carbocycles. The van der Waals surface area contributed by atoms with Crippen LogP contribution < -0.4 is 11.0 Å².